The van der Waals surface area contributed by atoms with Gasteiger partial charge in [-0.2, -0.15) is 9.59 Å². The van der Waals surface area contributed by atoms with Crippen molar-refractivity contribution in [1.29, 1.82) is 0 Å². The Hall–Kier alpha value is -4.35. The van der Waals surface area contributed by atoms with Crippen LogP contribution < -0.4 is 4.74 Å². The van der Waals surface area contributed by atoms with E-state index >= 15 is 0 Å². The molecule has 0 bridgehead atoms. The molecule has 0 saturated carbocycles. The van der Waals surface area contributed by atoms with Gasteiger partial charge in [0.05, 0.1) is 6.20 Å². The van der Waals surface area contributed by atoms with E-state index in [1.165, 1.54) is 11.1 Å². The van der Waals surface area contributed by atoms with Gasteiger partial charge in [0.2, 0.25) is 5.78 Å². The van der Waals surface area contributed by atoms with Crippen molar-refractivity contribution in [2.24, 2.45) is 5.92 Å². The molecule has 5 rings (SSSR count). The number of oxazole rings is 1. The number of benzene rings is 2. The zero-order valence-electron chi connectivity index (χ0n) is 19.3. The Labute approximate surface area is 202 Å². The summed E-state index contributed by atoms with van der Waals surface area (Å²) in [6.45, 7) is 2.46. The first kappa shape index (κ1) is 23.8. The van der Waals surface area contributed by atoms with E-state index in [9.17, 15) is 4.79 Å². The van der Waals surface area contributed by atoms with Crippen LogP contribution in [0.15, 0.2) is 77.3 Å². The monoisotopic (exact) mass is 468 g/mol. The molecule has 0 aliphatic heterocycles. The van der Waals surface area contributed by atoms with Gasteiger partial charge < -0.3 is 9.15 Å². The van der Waals surface area contributed by atoms with Gasteiger partial charge in [-0.25, -0.2) is 9.97 Å². The summed E-state index contributed by atoms with van der Waals surface area (Å²) < 4.78 is 11.7. The highest BCUT2D eigenvalue weighted by molar-refractivity contribution is 5.94. The second-order valence-corrected chi connectivity index (χ2v) is 8.29. The fourth-order valence-corrected chi connectivity index (χ4v) is 4.15. The van der Waals surface area contributed by atoms with E-state index in [-0.39, 0.29) is 23.7 Å². The fourth-order valence-electron chi connectivity index (χ4n) is 4.15. The average molecular weight is 469 g/mol. The number of rotatable bonds is 6. The molecule has 7 nitrogen and oxygen atoms in total. The zero-order chi connectivity index (χ0) is 24.6. The average Bonchev–Trinajstić information content (AvgIpc) is 3.38. The molecule has 7 heteroatoms. The number of carbonyl (C=O) groups excluding carboxylic acids is 3. The lowest BCUT2D eigenvalue weighted by molar-refractivity contribution is -0.191. The van der Waals surface area contributed by atoms with E-state index in [1.54, 1.807) is 6.20 Å². The normalized spacial score (nSPS) is 14.1. The lowest BCUT2D eigenvalue weighted by Crippen LogP contribution is -2.23. The molecule has 2 aromatic heterocycles. The molecule has 4 aromatic rings. The van der Waals surface area contributed by atoms with Crippen molar-refractivity contribution < 1.29 is 23.5 Å². The van der Waals surface area contributed by atoms with Crippen LogP contribution in [-0.2, 0) is 29.0 Å². The molecule has 0 radical (unpaired) electrons. The molecule has 35 heavy (non-hydrogen) atoms. The van der Waals surface area contributed by atoms with Crippen LogP contribution in [0.4, 0.5) is 0 Å². The van der Waals surface area contributed by atoms with Gasteiger partial charge in [-0.1, -0.05) is 42.5 Å². The Balaban J connectivity index is 0.000000917. The van der Waals surface area contributed by atoms with Crippen LogP contribution in [0.3, 0.4) is 0 Å². The van der Waals surface area contributed by atoms with Gasteiger partial charge in [0.15, 0.2) is 5.76 Å². The summed E-state index contributed by atoms with van der Waals surface area (Å²) in [5.41, 5.74) is 5.16. The van der Waals surface area contributed by atoms with Crippen molar-refractivity contribution in [3.05, 3.63) is 101 Å². The van der Waals surface area contributed by atoms with Gasteiger partial charge in [0.1, 0.15) is 18.1 Å². The number of ketones is 1. The Morgan fingerprint density at radius 2 is 1.86 bits per heavy atom. The molecule has 0 fully saturated rings. The van der Waals surface area contributed by atoms with E-state index in [1.807, 2.05) is 49.4 Å². The van der Waals surface area contributed by atoms with Gasteiger partial charge in [-0.3, -0.25) is 4.79 Å². The second kappa shape index (κ2) is 11.2. The first-order valence-corrected chi connectivity index (χ1v) is 11.3. The minimum absolute atomic E-state index is 0.0426. The van der Waals surface area contributed by atoms with E-state index < -0.39 is 0 Å². The number of Topliss-reactive ketones (excluding diaryl/α,β-unsaturated/α-hetero) is 1. The first-order valence-electron chi connectivity index (χ1n) is 11.3. The second-order valence-electron chi connectivity index (χ2n) is 8.29. The van der Waals surface area contributed by atoms with Crippen LogP contribution in [0.25, 0.3) is 11.5 Å². The van der Waals surface area contributed by atoms with Crippen LogP contribution in [0.2, 0.25) is 0 Å². The van der Waals surface area contributed by atoms with Crippen LogP contribution in [-0.4, -0.2) is 21.9 Å². The summed E-state index contributed by atoms with van der Waals surface area (Å²) >= 11 is 0. The van der Waals surface area contributed by atoms with E-state index in [2.05, 4.69) is 34.2 Å². The quantitative estimate of drug-likeness (QED) is 0.366. The number of carbonyl (C=O) groups is 1. The van der Waals surface area contributed by atoms with Gasteiger partial charge in [-0.05, 0) is 67.1 Å². The Bertz CT molecular complexity index is 1340. The van der Waals surface area contributed by atoms with E-state index in [0.717, 1.165) is 29.8 Å². The standard InChI is InChI=1S/C27H24N2O3.CO2/c1-18-6-5-9-24(29-18)25-16-28-27(32-25)26(30)22-11-10-21-15-23(13-12-20(21)14-22)31-17-19-7-3-2-4-8-19;2-1-3/h2-9,12-13,15-16,22H,10-11,14,17H2,1H3;. The number of pyridine rings is 1. The van der Waals surface area contributed by atoms with Crippen LogP contribution in [0, 0.1) is 12.8 Å². The van der Waals surface area contributed by atoms with Crippen molar-refractivity contribution in [1.82, 2.24) is 9.97 Å². The molecule has 1 aliphatic rings. The summed E-state index contributed by atoms with van der Waals surface area (Å²) in [4.78, 5) is 38.0. The smallest absolute Gasteiger partial charge is 0.373 e. The lowest BCUT2D eigenvalue weighted by Gasteiger charge is -2.23. The van der Waals surface area contributed by atoms with Crippen molar-refractivity contribution in [2.75, 3.05) is 0 Å². The molecule has 1 aliphatic carbocycles. The highest BCUT2D eigenvalue weighted by Crippen LogP contribution is 2.31. The summed E-state index contributed by atoms with van der Waals surface area (Å²) in [7, 11) is 0. The maximum absolute atomic E-state index is 13.0. The number of nitrogens with zero attached hydrogens (tertiary/aromatic N) is 2. The topological polar surface area (TPSA) is 99.4 Å². The third-order valence-electron chi connectivity index (χ3n) is 5.88. The molecule has 0 spiro atoms. The van der Waals surface area contributed by atoms with Crippen molar-refractivity contribution in [3.63, 3.8) is 0 Å². The lowest BCUT2D eigenvalue weighted by atomic mass is 9.81. The molecule has 1 unspecified atom stereocenters. The molecular weight excluding hydrogens is 444 g/mol. The SMILES string of the molecule is Cc1cccc(-c2cnc(C(=O)C3CCc4cc(OCc5ccccc5)ccc4C3)o2)n1.O=C=O. The molecular formula is C28H24N2O5. The molecule has 0 N–H and O–H groups in total. The van der Waals surface area contributed by atoms with Crippen LogP contribution >= 0.6 is 0 Å². The first-order chi connectivity index (χ1) is 17.1. The van der Waals surface area contributed by atoms with Gasteiger partial charge in [0.25, 0.3) is 5.89 Å². The van der Waals surface area contributed by atoms with Gasteiger partial charge >= 0.3 is 6.15 Å². The zero-order valence-corrected chi connectivity index (χ0v) is 19.3. The van der Waals surface area contributed by atoms with E-state index in [0.29, 0.717) is 24.5 Å². The summed E-state index contributed by atoms with van der Waals surface area (Å²) in [5.74, 6) is 1.38. The molecule has 2 heterocycles. The Morgan fingerprint density at radius 1 is 1.06 bits per heavy atom. The Kier molecular flexibility index (Phi) is 7.60. The maximum atomic E-state index is 13.0. The number of hydrogen-bond acceptors (Lipinski definition) is 7. The molecule has 0 amide bonds. The van der Waals surface area contributed by atoms with Crippen molar-refractivity contribution in [2.45, 2.75) is 32.8 Å². The third kappa shape index (κ3) is 5.96. The number of aromatic nitrogens is 2. The maximum Gasteiger partial charge on any atom is 0.373 e. The fraction of sp³-hybridized carbons (Fsp3) is 0.214. The predicted octanol–water partition coefficient (Wildman–Crippen LogP) is 5.03. The highest BCUT2D eigenvalue weighted by Gasteiger charge is 2.29. The third-order valence-corrected chi connectivity index (χ3v) is 5.88. The van der Waals surface area contributed by atoms with Crippen molar-refractivity contribution >= 4 is 11.9 Å². The predicted molar refractivity (Wildman–Crippen MR) is 127 cm³/mol. The van der Waals surface area contributed by atoms with Gasteiger partial charge in [0, 0.05) is 11.6 Å². The molecule has 1 atom stereocenters. The number of hydrogen-bond donors (Lipinski definition) is 0. The molecule has 0 saturated heterocycles. The van der Waals surface area contributed by atoms with Crippen molar-refractivity contribution in [3.8, 4) is 17.2 Å². The summed E-state index contributed by atoms with van der Waals surface area (Å²) in [5, 5.41) is 0. The Morgan fingerprint density at radius 3 is 2.63 bits per heavy atom. The summed E-state index contributed by atoms with van der Waals surface area (Å²) in [6.07, 6.45) is 4.13. The largest absolute Gasteiger partial charge is 0.489 e. The van der Waals surface area contributed by atoms with Gasteiger partial charge in [-0.15, -0.1) is 0 Å². The molecule has 176 valence electrons. The number of aryl methyl sites for hydroxylation is 2. The highest BCUT2D eigenvalue weighted by atomic mass is 16.5. The number of fused-ring (bicyclic) bond motifs is 1. The minimum Gasteiger partial charge on any atom is -0.489 e. The van der Waals surface area contributed by atoms with Crippen LogP contribution in [0.1, 0.15) is 39.5 Å². The van der Waals surface area contributed by atoms with E-state index in [4.69, 9.17) is 18.7 Å². The molecule has 2 aromatic carbocycles. The number of ether oxygens (including phenoxy) is 1. The van der Waals surface area contributed by atoms with Crippen LogP contribution in [0.5, 0.6) is 5.75 Å². The minimum atomic E-state index is -0.129. The summed E-state index contributed by atoms with van der Waals surface area (Å²) in [6, 6.07) is 22.0.